The zero-order chi connectivity index (χ0) is 24.2. The number of carbonyl (C=O) groups is 2. The minimum absolute atomic E-state index is 0.144. The van der Waals surface area contributed by atoms with Gasteiger partial charge in [0.05, 0.1) is 24.0 Å². The van der Waals surface area contributed by atoms with Crippen molar-refractivity contribution in [3.63, 3.8) is 0 Å². The van der Waals surface area contributed by atoms with Gasteiger partial charge in [-0.2, -0.15) is 12.6 Å². The first-order valence-electron chi connectivity index (χ1n) is 10.8. The van der Waals surface area contributed by atoms with E-state index >= 15 is 0 Å². The summed E-state index contributed by atoms with van der Waals surface area (Å²) in [5, 5.41) is 3.23. The van der Waals surface area contributed by atoms with Crippen molar-refractivity contribution < 1.29 is 9.59 Å². The Balaban J connectivity index is 1.86. The topological polar surface area (TPSA) is 87.8 Å². The number of benzene rings is 3. The number of halogens is 1. The second-order valence-corrected chi connectivity index (χ2v) is 8.92. The van der Waals surface area contributed by atoms with Crippen LogP contribution in [-0.4, -0.2) is 35.5 Å². The fourth-order valence-corrected chi connectivity index (χ4v) is 4.08. The Kier molecular flexibility index (Phi) is 7.36. The molecule has 4 rings (SSSR count). The van der Waals surface area contributed by atoms with Crippen molar-refractivity contribution >= 4 is 47.4 Å². The van der Waals surface area contributed by atoms with E-state index in [0.717, 1.165) is 16.7 Å². The monoisotopic (exact) mass is 492 g/mol. The van der Waals surface area contributed by atoms with E-state index in [2.05, 4.69) is 17.9 Å². The molecule has 1 aliphatic heterocycles. The molecule has 0 spiro atoms. The van der Waals surface area contributed by atoms with Gasteiger partial charge in [0, 0.05) is 21.9 Å². The number of hydrogen-bond acceptors (Lipinski definition) is 5. The number of thiol groups is 1. The molecule has 2 amide bonds. The van der Waals surface area contributed by atoms with Crippen molar-refractivity contribution in [3.8, 4) is 0 Å². The zero-order valence-electron chi connectivity index (χ0n) is 18.6. The molecule has 0 fully saturated rings. The Morgan fingerprint density at radius 3 is 2.53 bits per heavy atom. The van der Waals surface area contributed by atoms with Crippen LogP contribution < -0.4 is 16.0 Å². The average Bonchev–Trinajstić information content (AvgIpc) is 2.95. The van der Waals surface area contributed by atoms with E-state index in [1.54, 1.807) is 17.0 Å². The predicted octanol–water partition coefficient (Wildman–Crippen LogP) is 3.73. The second-order valence-electron chi connectivity index (χ2n) is 8.12. The van der Waals surface area contributed by atoms with Crippen LogP contribution in [0.2, 0.25) is 5.02 Å². The van der Waals surface area contributed by atoms with Gasteiger partial charge in [-0.05, 0) is 30.7 Å². The molecule has 3 N–H and O–H groups in total. The maximum absolute atomic E-state index is 13.8. The Hall–Kier alpha value is -3.13. The quantitative estimate of drug-likeness (QED) is 0.458. The molecule has 34 heavy (non-hydrogen) atoms. The Morgan fingerprint density at radius 1 is 1.15 bits per heavy atom. The van der Waals surface area contributed by atoms with Gasteiger partial charge in [0.1, 0.15) is 0 Å². The van der Waals surface area contributed by atoms with Gasteiger partial charge in [-0.3, -0.25) is 9.59 Å². The summed E-state index contributed by atoms with van der Waals surface area (Å²) in [5.41, 5.74) is 10.7. The van der Waals surface area contributed by atoms with Crippen LogP contribution in [0.15, 0.2) is 77.8 Å². The highest BCUT2D eigenvalue weighted by Gasteiger charge is 2.34. The molecule has 0 radical (unpaired) electrons. The molecule has 1 aliphatic rings. The van der Waals surface area contributed by atoms with E-state index in [-0.39, 0.29) is 11.7 Å². The van der Waals surface area contributed by atoms with E-state index in [1.807, 2.05) is 67.6 Å². The third kappa shape index (κ3) is 5.17. The number of nitrogens with one attached hydrogen (secondary N) is 1. The molecule has 1 unspecified atom stereocenters. The summed E-state index contributed by atoms with van der Waals surface area (Å²) >= 11 is 10.5. The summed E-state index contributed by atoms with van der Waals surface area (Å²) in [6.07, 6.45) is -1.16. The molecule has 6 nitrogen and oxygen atoms in total. The van der Waals surface area contributed by atoms with Gasteiger partial charge in [0.15, 0.2) is 0 Å². The van der Waals surface area contributed by atoms with Gasteiger partial charge < -0.3 is 16.0 Å². The van der Waals surface area contributed by atoms with Crippen LogP contribution >= 0.6 is 24.2 Å². The predicted molar refractivity (Wildman–Crippen MR) is 140 cm³/mol. The van der Waals surface area contributed by atoms with E-state index in [1.165, 1.54) is 0 Å². The first-order chi connectivity index (χ1) is 16.4. The van der Waals surface area contributed by atoms with E-state index in [4.69, 9.17) is 22.3 Å². The van der Waals surface area contributed by atoms with Crippen LogP contribution in [0, 0.1) is 6.92 Å². The Bertz CT molecular complexity index is 1230. The van der Waals surface area contributed by atoms with Crippen molar-refractivity contribution in [2.24, 2.45) is 10.7 Å². The summed E-state index contributed by atoms with van der Waals surface area (Å²) in [6, 6.07) is 21.9. The number of amides is 2. The van der Waals surface area contributed by atoms with Crippen LogP contribution in [0.1, 0.15) is 22.3 Å². The molecule has 174 valence electrons. The van der Waals surface area contributed by atoms with Gasteiger partial charge in [0.25, 0.3) is 5.91 Å². The standard InChI is InChI=1S/C26H25ClN4O2S/c1-16-7-9-17(10-8-16)14-31-22-12-11-19(27)13-20(22)23(18-5-3-2-4-6-18)29-24(26(31)33)30-25(32)21(28)15-34/h2-13,21,24,34H,14-15,28H2,1H3,(H,30,32)/t21-,24?/m0/s1. The molecule has 3 aromatic rings. The molecule has 8 heteroatoms. The SMILES string of the molecule is Cc1ccc(CN2C(=O)C(NC(=O)[C@@H](N)CS)N=C(c3ccccc3)c3cc(Cl)ccc32)cc1. The lowest BCUT2D eigenvalue weighted by Gasteiger charge is -2.26. The van der Waals surface area contributed by atoms with E-state index < -0.39 is 18.1 Å². The van der Waals surface area contributed by atoms with Crippen LogP contribution in [-0.2, 0) is 16.1 Å². The molecular formula is C26H25ClN4O2S. The van der Waals surface area contributed by atoms with E-state index in [0.29, 0.717) is 28.5 Å². The summed E-state index contributed by atoms with van der Waals surface area (Å²) in [7, 11) is 0. The fourth-order valence-electron chi connectivity index (χ4n) is 3.74. The minimum atomic E-state index is -1.16. The summed E-state index contributed by atoms with van der Waals surface area (Å²) in [4.78, 5) is 32.8. The smallest absolute Gasteiger partial charge is 0.272 e. The van der Waals surface area contributed by atoms with Gasteiger partial charge in [-0.1, -0.05) is 71.8 Å². The number of nitrogens with two attached hydrogens (primary N) is 1. The van der Waals surface area contributed by atoms with Crippen LogP contribution in [0.25, 0.3) is 0 Å². The highest BCUT2D eigenvalue weighted by molar-refractivity contribution is 7.80. The number of anilines is 1. The van der Waals surface area contributed by atoms with Gasteiger partial charge in [-0.15, -0.1) is 0 Å². The number of aryl methyl sites for hydroxylation is 1. The number of rotatable bonds is 6. The molecule has 0 aliphatic carbocycles. The maximum atomic E-state index is 13.8. The highest BCUT2D eigenvalue weighted by Crippen LogP contribution is 2.32. The Labute approximate surface area is 209 Å². The first-order valence-corrected chi connectivity index (χ1v) is 11.9. The fraction of sp³-hybridized carbons (Fsp3) is 0.192. The van der Waals surface area contributed by atoms with Crippen molar-refractivity contribution in [2.45, 2.75) is 25.7 Å². The molecule has 1 heterocycles. The molecule has 0 saturated heterocycles. The first kappa shape index (κ1) is 24.0. The maximum Gasteiger partial charge on any atom is 0.272 e. The second kappa shape index (κ2) is 10.4. The van der Waals surface area contributed by atoms with Crippen LogP contribution in [0.4, 0.5) is 5.69 Å². The summed E-state index contributed by atoms with van der Waals surface area (Å²) < 4.78 is 0. The molecule has 2 atom stereocenters. The van der Waals surface area contributed by atoms with Gasteiger partial charge in [0.2, 0.25) is 12.1 Å². The third-order valence-electron chi connectivity index (χ3n) is 5.58. The largest absolute Gasteiger partial charge is 0.325 e. The number of nitrogens with zero attached hydrogens (tertiary/aromatic N) is 2. The van der Waals surface area contributed by atoms with Gasteiger partial charge >= 0.3 is 0 Å². The lowest BCUT2D eigenvalue weighted by molar-refractivity contribution is -0.127. The number of hydrogen-bond donors (Lipinski definition) is 3. The Morgan fingerprint density at radius 2 is 1.85 bits per heavy atom. The average molecular weight is 493 g/mol. The molecule has 0 saturated carbocycles. The minimum Gasteiger partial charge on any atom is -0.325 e. The normalized spacial score (nSPS) is 16.4. The summed E-state index contributed by atoms with van der Waals surface area (Å²) in [5.74, 6) is -0.719. The number of aliphatic imine (C=N–C) groups is 1. The van der Waals surface area contributed by atoms with Crippen LogP contribution in [0.5, 0.6) is 0 Å². The van der Waals surface area contributed by atoms with E-state index in [9.17, 15) is 9.59 Å². The molecular weight excluding hydrogens is 468 g/mol. The number of carbonyl (C=O) groups excluding carboxylic acids is 2. The van der Waals surface area contributed by atoms with Crippen molar-refractivity contribution in [2.75, 3.05) is 10.7 Å². The van der Waals surface area contributed by atoms with Crippen LogP contribution in [0.3, 0.4) is 0 Å². The third-order valence-corrected chi connectivity index (χ3v) is 6.21. The molecule has 0 aromatic heterocycles. The highest BCUT2D eigenvalue weighted by atomic mass is 35.5. The van der Waals surface area contributed by atoms with Crippen molar-refractivity contribution in [1.82, 2.24) is 5.32 Å². The van der Waals surface area contributed by atoms with Crippen molar-refractivity contribution in [3.05, 3.63) is 100 Å². The molecule has 3 aromatic carbocycles. The number of fused-ring (bicyclic) bond motifs is 1. The summed E-state index contributed by atoms with van der Waals surface area (Å²) in [6.45, 7) is 2.31. The number of benzodiazepines with no additional fused rings is 1. The van der Waals surface area contributed by atoms with Crippen molar-refractivity contribution in [1.29, 1.82) is 0 Å². The molecule has 0 bridgehead atoms. The lowest BCUT2D eigenvalue weighted by Crippen LogP contribution is -2.52. The lowest BCUT2D eigenvalue weighted by atomic mass is 10.00. The van der Waals surface area contributed by atoms with Gasteiger partial charge in [-0.25, -0.2) is 4.99 Å². The zero-order valence-corrected chi connectivity index (χ0v) is 20.3.